The summed E-state index contributed by atoms with van der Waals surface area (Å²) in [5.74, 6) is 1.11. The molecule has 2 heterocycles. The third kappa shape index (κ3) is 5.04. The van der Waals surface area contributed by atoms with Crippen LogP contribution in [0.2, 0.25) is 0 Å². The predicted molar refractivity (Wildman–Crippen MR) is 113 cm³/mol. The molecule has 0 radical (unpaired) electrons. The molecular formula is C23H25FN4O2. The summed E-state index contributed by atoms with van der Waals surface area (Å²) in [5.41, 5.74) is 1.11. The lowest BCUT2D eigenvalue weighted by Gasteiger charge is -2.34. The maximum absolute atomic E-state index is 12.9. The van der Waals surface area contributed by atoms with Crippen molar-refractivity contribution >= 4 is 5.91 Å². The number of hydrogen-bond acceptors (Lipinski definition) is 4. The molecule has 1 fully saturated rings. The minimum Gasteiger partial charge on any atom is -0.484 e. The Balaban J connectivity index is 1.22. The Morgan fingerprint density at radius 1 is 0.967 bits per heavy atom. The second kappa shape index (κ2) is 9.54. The molecule has 0 spiro atoms. The van der Waals surface area contributed by atoms with Gasteiger partial charge in [-0.05, 0) is 24.3 Å². The highest BCUT2D eigenvalue weighted by molar-refractivity contribution is 5.77. The first kappa shape index (κ1) is 20.1. The number of nitrogens with zero attached hydrogens (tertiary/aromatic N) is 4. The van der Waals surface area contributed by atoms with Crippen molar-refractivity contribution in [2.45, 2.75) is 6.54 Å². The van der Waals surface area contributed by atoms with E-state index in [4.69, 9.17) is 4.74 Å². The summed E-state index contributed by atoms with van der Waals surface area (Å²) in [7, 11) is 0. The van der Waals surface area contributed by atoms with Crippen LogP contribution in [-0.4, -0.2) is 64.6 Å². The number of imidazole rings is 1. The van der Waals surface area contributed by atoms with Crippen LogP contribution in [-0.2, 0) is 11.3 Å². The van der Waals surface area contributed by atoms with E-state index in [0.29, 0.717) is 18.8 Å². The van der Waals surface area contributed by atoms with Gasteiger partial charge in [-0.1, -0.05) is 30.3 Å². The average molecular weight is 408 g/mol. The average Bonchev–Trinajstić information content (AvgIpc) is 3.27. The molecule has 4 rings (SSSR count). The number of piperazine rings is 1. The monoisotopic (exact) mass is 408 g/mol. The maximum Gasteiger partial charge on any atom is 0.260 e. The van der Waals surface area contributed by atoms with Gasteiger partial charge in [-0.15, -0.1) is 0 Å². The molecule has 0 saturated carbocycles. The molecule has 1 aromatic heterocycles. The topological polar surface area (TPSA) is 50.6 Å². The van der Waals surface area contributed by atoms with E-state index in [1.54, 1.807) is 0 Å². The molecule has 7 heteroatoms. The summed E-state index contributed by atoms with van der Waals surface area (Å²) in [6.07, 6.45) is 3.84. The van der Waals surface area contributed by atoms with Crippen LogP contribution < -0.4 is 4.74 Å². The SMILES string of the molecule is O=C(COc1ccc(F)cc1)N1CCN(CCn2ccnc2-c2ccccc2)CC1. The van der Waals surface area contributed by atoms with E-state index in [9.17, 15) is 9.18 Å². The normalized spacial score (nSPS) is 14.6. The highest BCUT2D eigenvalue weighted by atomic mass is 19.1. The van der Waals surface area contributed by atoms with Crippen LogP contribution in [0.5, 0.6) is 5.75 Å². The highest BCUT2D eigenvalue weighted by Crippen LogP contribution is 2.17. The Kier molecular flexibility index (Phi) is 6.39. The van der Waals surface area contributed by atoms with Crippen LogP contribution in [0.4, 0.5) is 4.39 Å². The number of ether oxygens (including phenoxy) is 1. The third-order valence-corrected chi connectivity index (χ3v) is 5.31. The van der Waals surface area contributed by atoms with Gasteiger partial charge in [0.05, 0.1) is 0 Å². The zero-order chi connectivity index (χ0) is 20.8. The Morgan fingerprint density at radius 2 is 1.70 bits per heavy atom. The van der Waals surface area contributed by atoms with Gasteiger partial charge in [-0.3, -0.25) is 9.69 Å². The lowest BCUT2D eigenvalue weighted by atomic mass is 10.2. The van der Waals surface area contributed by atoms with Crippen molar-refractivity contribution in [3.63, 3.8) is 0 Å². The Morgan fingerprint density at radius 3 is 2.43 bits per heavy atom. The first-order chi connectivity index (χ1) is 14.7. The van der Waals surface area contributed by atoms with E-state index in [0.717, 1.165) is 37.6 Å². The van der Waals surface area contributed by atoms with E-state index in [-0.39, 0.29) is 18.3 Å². The van der Waals surface area contributed by atoms with Gasteiger partial charge in [-0.25, -0.2) is 9.37 Å². The molecule has 0 atom stereocenters. The standard InChI is InChI=1S/C23H25FN4O2/c24-20-6-8-21(9-7-20)30-18-22(29)27-15-12-26(13-16-27)14-17-28-11-10-25-23(28)19-4-2-1-3-5-19/h1-11H,12-18H2. The van der Waals surface area contributed by atoms with Gasteiger partial charge in [0.1, 0.15) is 17.4 Å². The van der Waals surface area contributed by atoms with Crippen molar-refractivity contribution in [2.24, 2.45) is 0 Å². The van der Waals surface area contributed by atoms with E-state index in [2.05, 4.69) is 26.6 Å². The van der Waals surface area contributed by atoms with Crippen LogP contribution >= 0.6 is 0 Å². The zero-order valence-corrected chi connectivity index (χ0v) is 16.8. The third-order valence-electron chi connectivity index (χ3n) is 5.31. The molecule has 1 aliphatic heterocycles. The first-order valence-electron chi connectivity index (χ1n) is 10.1. The molecule has 1 aliphatic rings. The number of aromatic nitrogens is 2. The summed E-state index contributed by atoms with van der Waals surface area (Å²) in [5, 5.41) is 0. The van der Waals surface area contributed by atoms with Crippen molar-refractivity contribution < 1.29 is 13.9 Å². The zero-order valence-electron chi connectivity index (χ0n) is 16.8. The number of amides is 1. The summed E-state index contributed by atoms with van der Waals surface area (Å²) >= 11 is 0. The van der Waals surface area contributed by atoms with Crippen LogP contribution in [0.3, 0.4) is 0 Å². The Labute approximate surface area is 175 Å². The highest BCUT2D eigenvalue weighted by Gasteiger charge is 2.21. The number of benzene rings is 2. The second-order valence-corrected chi connectivity index (χ2v) is 7.28. The maximum atomic E-state index is 12.9. The number of halogens is 1. The van der Waals surface area contributed by atoms with Crippen LogP contribution in [0.25, 0.3) is 11.4 Å². The number of carbonyl (C=O) groups is 1. The number of hydrogen-bond donors (Lipinski definition) is 0. The molecule has 0 aliphatic carbocycles. The van der Waals surface area contributed by atoms with Crippen LogP contribution in [0.1, 0.15) is 0 Å². The van der Waals surface area contributed by atoms with Crippen molar-refractivity contribution in [1.29, 1.82) is 0 Å². The fraction of sp³-hybridized carbons (Fsp3) is 0.304. The van der Waals surface area contributed by atoms with E-state index in [1.807, 2.05) is 35.5 Å². The van der Waals surface area contributed by atoms with Crippen molar-refractivity contribution in [3.05, 3.63) is 72.8 Å². The predicted octanol–water partition coefficient (Wildman–Crippen LogP) is 2.91. The molecule has 3 aromatic rings. The van der Waals surface area contributed by atoms with Crippen LogP contribution in [0.15, 0.2) is 67.0 Å². The van der Waals surface area contributed by atoms with Crippen molar-refractivity contribution in [3.8, 4) is 17.1 Å². The van der Waals surface area contributed by atoms with Gasteiger partial charge in [0.2, 0.25) is 0 Å². The summed E-state index contributed by atoms with van der Waals surface area (Å²) in [6.45, 7) is 4.76. The molecule has 1 saturated heterocycles. The number of carbonyl (C=O) groups excluding carboxylic acids is 1. The molecular weight excluding hydrogens is 383 g/mol. The summed E-state index contributed by atoms with van der Waals surface area (Å²) in [4.78, 5) is 21.1. The van der Waals surface area contributed by atoms with Gasteiger partial charge in [-0.2, -0.15) is 0 Å². The van der Waals surface area contributed by atoms with E-state index < -0.39 is 0 Å². The van der Waals surface area contributed by atoms with E-state index in [1.165, 1.54) is 24.3 Å². The van der Waals surface area contributed by atoms with Gasteiger partial charge >= 0.3 is 0 Å². The quantitative estimate of drug-likeness (QED) is 0.603. The molecule has 6 nitrogen and oxygen atoms in total. The number of rotatable bonds is 7. The lowest BCUT2D eigenvalue weighted by molar-refractivity contribution is -0.135. The molecule has 0 unspecified atom stereocenters. The summed E-state index contributed by atoms with van der Waals surface area (Å²) in [6, 6.07) is 15.9. The molecule has 1 amide bonds. The Bertz CT molecular complexity index is 951. The van der Waals surface area contributed by atoms with Crippen molar-refractivity contribution in [2.75, 3.05) is 39.3 Å². The minimum atomic E-state index is -0.323. The van der Waals surface area contributed by atoms with Gasteiger partial charge < -0.3 is 14.2 Å². The van der Waals surface area contributed by atoms with Crippen molar-refractivity contribution in [1.82, 2.24) is 19.4 Å². The molecule has 30 heavy (non-hydrogen) atoms. The lowest BCUT2D eigenvalue weighted by Crippen LogP contribution is -2.50. The minimum absolute atomic E-state index is 0.0267. The van der Waals surface area contributed by atoms with Gasteiger partial charge in [0.15, 0.2) is 6.61 Å². The smallest absolute Gasteiger partial charge is 0.260 e. The first-order valence-corrected chi connectivity index (χ1v) is 10.1. The molecule has 0 N–H and O–H groups in total. The Hall–Kier alpha value is -3.19. The van der Waals surface area contributed by atoms with Crippen LogP contribution in [0, 0.1) is 5.82 Å². The molecule has 156 valence electrons. The fourth-order valence-electron chi connectivity index (χ4n) is 3.57. The molecule has 0 bridgehead atoms. The second-order valence-electron chi connectivity index (χ2n) is 7.28. The van der Waals surface area contributed by atoms with E-state index >= 15 is 0 Å². The van der Waals surface area contributed by atoms with Gasteiger partial charge in [0.25, 0.3) is 5.91 Å². The largest absolute Gasteiger partial charge is 0.484 e. The summed E-state index contributed by atoms with van der Waals surface area (Å²) < 4.78 is 20.6. The van der Waals surface area contributed by atoms with Gasteiger partial charge in [0, 0.05) is 57.2 Å². The fourth-order valence-corrected chi connectivity index (χ4v) is 3.57. The molecule has 2 aromatic carbocycles.